The summed E-state index contributed by atoms with van der Waals surface area (Å²) >= 11 is 0. The highest BCUT2D eigenvalue weighted by atomic mass is 19.4. The lowest BCUT2D eigenvalue weighted by Gasteiger charge is -2.48. The summed E-state index contributed by atoms with van der Waals surface area (Å²) < 4.78 is 80.7. The summed E-state index contributed by atoms with van der Waals surface area (Å²) in [5.41, 5.74) is -1.99. The van der Waals surface area contributed by atoms with Crippen molar-refractivity contribution in [1.29, 1.82) is 0 Å². The molecule has 2 fully saturated rings. The number of halogens is 6. The van der Waals surface area contributed by atoms with Crippen LogP contribution in [0.1, 0.15) is 39.9 Å². The molecule has 2 aromatic carbocycles. The Hall–Kier alpha value is -3.34. The van der Waals surface area contributed by atoms with Crippen molar-refractivity contribution in [1.82, 2.24) is 14.8 Å². The number of rotatable bonds is 3. The third-order valence-corrected chi connectivity index (χ3v) is 7.17. The number of ketones is 1. The first kappa shape index (κ1) is 25.3. The summed E-state index contributed by atoms with van der Waals surface area (Å²) in [5.74, 6) is -0.826. The van der Waals surface area contributed by atoms with Crippen LogP contribution in [0, 0.1) is 0 Å². The van der Waals surface area contributed by atoms with Crippen LogP contribution in [0.25, 0.3) is 10.9 Å². The van der Waals surface area contributed by atoms with Gasteiger partial charge in [0.25, 0.3) is 5.91 Å². The van der Waals surface area contributed by atoms with Crippen molar-refractivity contribution in [2.75, 3.05) is 19.6 Å². The number of hydrogen-bond acceptors (Lipinski definition) is 3. The Bertz CT molecular complexity index is 1310. The number of benzene rings is 2. The molecule has 1 aromatic heterocycles. The van der Waals surface area contributed by atoms with Gasteiger partial charge in [0.15, 0.2) is 0 Å². The first-order chi connectivity index (χ1) is 17.4. The number of Topliss-reactive ketones (excluding diaryl/α,β-unsaturated/α-hetero) is 1. The van der Waals surface area contributed by atoms with E-state index >= 15 is 0 Å². The Kier molecular flexibility index (Phi) is 6.29. The molecule has 1 amide bonds. The molecular formula is C26H23F6N3O2. The molecule has 5 nitrogen and oxygen atoms in total. The molecule has 1 N–H and O–H groups in total. The van der Waals surface area contributed by atoms with Crippen molar-refractivity contribution >= 4 is 22.6 Å². The summed E-state index contributed by atoms with van der Waals surface area (Å²) in [6.07, 6.45) is -7.22. The van der Waals surface area contributed by atoms with Gasteiger partial charge in [-0.3, -0.25) is 14.5 Å². The van der Waals surface area contributed by atoms with E-state index in [4.69, 9.17) is 0 Å². The van der Waals surface area contributed by atoms with Gasteiger partial charge in [-0.05, 0) is 42.7 Å². The number of amides is 1. The van der Waals surface area contributed by atoms with Crippen molar-refractivity contribution in [2.45, 2.75) is 43.7 Å². The Labute approximate surface area is 208 Å². The minimum absolute atomic E-state index is 0.0187. The molecule has 2 saturated heterocycles. The van der Waals surface area contributed by atoms with Gasteiger partial charge in [0.1, 0.15) is 5.78 Å². The average Bonchev–Trinajstić information content (AvgIpc) is 3.24. The van der Waals surface area contributed by atoms with E-state index in [2.05, 4.69) is 4.98 Å². The zero-order valence-corrected chi connectivity index (χ0v) is 19.5. The Morgan fingerprint density at radius 1 is 0.973 bits per heavy atom. The van der Waals surface area contributed by atoms with E-state index < -0.39 is 41.0 Å². The van der Waals surface area contributed by atoms with Gasteiger partial charge < -0.3 is 9.88 Å². The van der Waals surface area contributed by atoms with Gasteiger partial charge >= 0.3 is 12.4 Å². The second kappa shape index (κ2) is 9.20. The number of H-pyrrole nitrogens is 1. The first-order valence-electron chi connectivity index (χ1n) is 11.8. The lowest BCUT2D eigenvalue weighted by molar-refractivity contribution is -0.143. The number of aromatic nitrogens is 1. The lowest BCUT2D eigenvalue weighted by Crippen LogP contribution is -2.62. The Morgan fingerprint density at radius 3 is 2.32 bits per heavy atom. The number of aromatic amines is 1. The minimum Gasteiger partial charge on any atom is -0.361 e. The largest absolute Gasteiger partial charge is 0.416 e. The molecule has 0 aliphatic carbocycles. The van der Waals surface area contributed by atoms with Crippen LogP contribution in [-0.2, 0) is 23.6 Å². The maximum Gasteiger partial charge on any atom is 0.416 e. The van der Waals surface area contributed by atoms with Crippen molar-refractivity contribution < 1.29 is 35.9 Å². The maximum absolute atomic E-state index is 13.6. The number of carbonyl (C=O) groups is 2. The molecule has 2 aliphatic heterocycles. The number of piperazine rings is 1. The number of alkyl halides is 6. The van der Waals surface area contributed by atoms with Crippen molar-refractivity contribution in [3.63, 3.8) is 0 Å². The van der Waals surface area contributed by atoms with E-state index in [1.807, 2.05) is 29.2 Å². The van der Waals surface area contributed by atoms with Crippen molar-refractivity contribution in [2.24, 2.45) is 0 Å². The van der Waals surface area contributed by atoms with Gasteiger partial charge in [0.05, 0.1) is 17.7 Å². The quantitative estimate of drug-likeness (QED) is 0.474. The summed E-state index contributed by atoms with van der Waals surface area (Å²) in [6.45, 7) is 0.600. The van der Waals surface area contributed by atoms with E-state index in [1.165, 1.54) is 4.90 Å². The van der Waals surface area contributed by atoms with Gasteiger partial charge in [0.2, 0.25) is 0 Å². The number of piperidine rings is 1. The molecule has 0 spiro atoms. The van der Waals surface area contributed by atoms with Crippen LogP contribution in [0.15, 0.2) is 48.7 Å². The number of nitrogens with zero attached hydrogens (tertiary/aromatic N) is 2. The van der Waals surface area contributed by atoms with Crippen LogP contribution in [0.2, 0.25) is 0 Å². The van der Waals surface area contributed by atoms with Crippen LogP contribution in [0.3, 0.4) is 0 Å². The second-order valence-corrected chi connectivity index (χ2v) is 9.63. The van der Waals surface area contributed by atoms with E-state index in [-0.39, 0.29) is 37.5 Å². The highest BCUT2D eigenvalue weighted by molar-refractivity contribution is 5.95. The van der Waals surface area contributed by atoms with Gasteiger partial charge in [-0.2, -0.15) is 26.3 Å². The smallest absolute Gasteiger partial charge is 0.361 e. The van der Waals surface area contributed by atoms with Crippen LogP contribution in [-0.4, -0.2) is 58.2 Å². The predicted octanol–water partition coefficient (Wildman–Crippen LogP) is 5.31. The van der Waals surface area contributed by atoms with Gasteiger partial charge in [-0.1, -0.05) is 18.2 Å². The van der Waals surface area contributed by atoms with Gasteiger partial charge in [-0.15, -0.1) is 0 Å². The molecule has 0 saturated carbocycles. The summed E-state index contributed by atoms with van der Waals surface area (Å²) in [6, 6.07) is 7.71. The van der Waals surface area contributed by atoms with Crippen LogP contribution < -0.4 is 0 Å². The van der Waals surface area contributed by atoms with Crippen LogP contribution in [0.4, 0.5) is 26.3 Å². The number of para-hydroxylation sites is 1. The molecule has 0 radical (unpaired) electrons. The van der Waals surface area contributed by atoms with Gasteiger partial charge in [-0.25, -0.2) is 0 Å². The molecule has 11 heteroatoms. The van der Waals surface area contributed by atoms with E-state index in [0.717, 1.165) is 16.5 Å². The van der Waals surface area contributed by atoms with E-state index in [9.17, 15) is 35.9 Å². The maximum atomic E-state index is 13.6. The van der Waals surface area contributed by atoms with Crippen molar-refractivity contribution in [3.8, 4) is 0 Å². The molecule has 196 valence electrons. The summed E-state index contributed by atoms with van der Waals surface area (Å²) in [4.78, 5) is 32.2. The molecule has 0 unspecified atom stereocenters. The Morgan fingerprint density at radius 2 is 1.65 bits per heavy atom. The Balaban J connectivity index is 1.53. The fraction of sp³-hybridized carbons (Fsp3) is 0.385. The third kappa shape index (κ3) is 5.09. The molecular weight excluding hydrogens is 500 g/mol. The standard InChI is InChI=1S/C26H23F6N3O2/c27-25(28,29)17-7-15(8-18(10-17)26(30,31)32)24(37)35-13-19-5-6-21(36)14-34(19)12-20(35)9-16-11-33-23-4-2-1-3-22(16)23/h1-4,7-8,10-11,19-20,33H,5-6,9,12-14H2/t19-,20-/m1/s1. The fourth-order valence-electron chi connectivity index (χ4n) is 5.33. The molecule has 3 heterocycles. The number of fused-ring (bicyclic) bond motifs is 2. The predicted molar refractivity (Wildman–Crippen MR) is 123 cm³/mol. The lowest BCUT2D eigenvalue weighted by atomic mass is 9.92. The molecule has 5 rings (SSSR count). The fourth-order valence-corrected chi connectivity index (χ4v) is 5.33. The minimum atomic E-state index is -5.05. The van der Waals surface area contributed by atoms with Crippen LogP contribution in [0.5, 0.6) is 0 Å². The zero-order chi connectivity index (χ0) is 26.5. The normalized spacial score (nSPS) is 21.4. The molecule has 3 aromatic rings. The average molecular weight is 523 g/mol. The van der Waals surface area contributed by atoms with Crippen molar-refractivity contribution in [3.05, 3.63) is 70.9 Å². The summed E-state index contributed by atoms with van der Waals surface area (Å²) in [5, 5.41) is 0.908. The highest BCUT2D eigenvalue weighted by Gasteiger charge is 2.42. The SMILES string of the molecule is O=C1CC[C@@H]2CN(C(=O)c3cc(C(F)(F)F)cc(C(F)(F)F)c3)[C@H](Cc3c[nH]c4ccccc34)CN2C1. The molecule has 2 aliphatic rings. The monoisotopic (exact) mass is 523 g/mol. The number of hydrogen-bond donors (Lipinski definition) is 1. The molecule has 0 bridgehead atoms. The number of carbonyl (C=O) groups excluding carboxylic acids is 2. The van der Waals surface area contributed by atoms with E-state index in [0.29, 0.717) is 31.4 Å². The topological polar surface area (TPSA) is 56.4 Å². The highest BCUT2D eigenvalue weighted by Crippen LogP contribution is 2.37. The third-order valence-electron chi connectivity index (χ3n) is 7.17. The number of nitrogens with one attached hydrogen (secondary N) is 1. The van der Waals surface area contributed by atoms with Gasteiger partial charge in [0, 0.05) is 54.3 Å². The first-order valence-corrected chi connectivity index (χ1v) is 11.8. The van der Waals surface area contributed by atoms with E-state index in [1.54, 1.807) is 6.20 Å². The second-order valence-electron chi connectivity index (χ2n) is 9.63. The molecule has 2 atom stereocenters. The van der Waals surface area contributed by atoms with Crippen LogP contribution >= 0.6 is 0 Å². The summed E-state index contributed by atoms with van der Waals surface area (Å²) in [7, 11) is 0. The molecule has 37 heavy (non-hydrogen) atoms. The zero-order valence-electron chi connectivity index (χ0n) is 19.5.